The Morgan fingerprint density at radius 1 is 1.09 bits per heavy atom. The van der Waals surface area contributed by atoms with Crippen molar-refractivity contribution in [3.8, 4) is 0 Å². The zero-order valence-corrected chi connectivity index (χ0v) is 11.8. The third kappa shape index (κ3) is 2.60. The predicted octanol–water partition coefficient (Wildman–Crippen LogP) is 5.07. The van der Waals surface area contributed by atoms with Crippen LogP contribution in [0.5, 0.6) is 0 Å². The molecule has 0 bridgehead atoms. The van der Waals surface area contributed by atoms with Crippen LogP contribution in [-0.4, -0.2) is 10.8 Å². The van der Waals surface area contributed by atoms with E-state index in [0.29, 0.717) is 21.5 Å². The molecular formula is C16H9ClF3NO. The number of aromatic nitrogens is 1. The molecular weight excluding hydrogens is 315 g/mol. The number of hydrogen-bond donors (Lipinski definition) is 1. The summed E-state index contributed by atoms with van der Waals surface area (Å²) >= 11 is 5.87. The van der Waals surface area contributed by atoms with E-state index in [9.17, 15) is 18.0 Å². The van der Waals surface area contributed by atoms with Crippen molar-refractivity contribution in [2.45, 2.75) is 6.18 Å². The maximum atomic E-state index is 12.7. The molecule has 0 aliphatic carbocycles. The minimum Gasteiger partial charge on any atom is -0.360 e. The highest BCUT2D eigenvalue weighted by molar-refractivity contribution is 6.31. The lowest BCUT2D eigenvalue weighted by atomic mass is 10.0. The first-order valence-corrected chi connectivity index (χ1v) is 6.72. The van der Waals surface area contributed by atoms with E-state index in [-0.39, 0.29) is 5.56 Å². The van der Waals surface area contributed by atoms with E-state index >= 15 is 0 Å². The van der Waals surface area contributed by atoms with Crippen molar-refractivity contribution in [3.63, 3.8) is 0 Å². The fourth-order valence-corrected chi connectivity index (χ4v) is 2.45. The van der Waals surface area contributed by atoms with Crippen LogP contribution in [0.1, 0.15) is 21.5 Å². The summed E-state index contributed by atoms with van der Waals surface area (Å²) in [5, 5.41) is 1.12. The fourth-order valence-electron chi connectivity index (χ4n) is 2.28. The quantitative estimate of drug-likeness (QED) is 0.656. The second kappa shape index (κ2) is 5.18. The minimum absolute atomic E-state index is 0.00863. The standard InChI is InChI=1S/C16H9ClF3NO/c17-11-4-5-12-13(8-21-14(12)7-11)15(22)9-2-1-3-10(6-9)16(18,19)20/h1-8,21H. The first-order valence-electron chi connectivity index (χ1n) is 6.35. The summed E-state index contributed by atoms with van der Waals surface area (Å²) in [5.74, 6) is -0.473. The Morgan fingerprint density at radius 2 is 1.86 bits per heavy atom. The first-order chi connectivity index (χ1) is 10.4. The van der Waals surface area contributed by atoms with E-state index in [4.69, 9.17) is 11.6 Å². The molecule has 2 aromatic carbocycles. The predicted molar refractivity (Wildman–Crippen MR) is 78.2 cm³/mol. The zero-order valence-electron chi connectivity index (χ0n) is 11.0. The van der Waals surface area contributed by atoms with E-state index in [1.807, 2.05) is 0 Å². The Balaban J connectivity index is 2.06. The van der Waals surface area contributed by atoms with Crippen molar-refractivity contribution in [2.24, 2.45) is 0 Å². The van der Waals surface area contributed by atoms with Gasteiger partial charge < -0.3 is 4.98 Å². The lowest BCUT2D eigenvalue weighted by Gasteiger charge is -2.08. The number of benzene rings is 2. The third-order valence-corrected chi connectivity index (χ3v) is 3.58. The molecule has 3 rings (SSSR count). The van der Waals surface area contributed by atoms with Gasteiger partial charge in [-0.2, -0.15) is 13.2 Å². The van der Waals surface area contributed by atoms with Crippen LogP contribution in [-0.2, 0) is 6.18 Å². The van der Waals surface area contributed by atoms with Crippen LogP contribution in [0.3, 0.4) is 0 Å². The highest BCUT2D eigenvalue weighted by atomic mass is 35.5. The lowest BCUT2D eigenvalue weighted by Crippen LogP contribution is -2.07. The number of aromatic amines is 1. The molecule has 0 aliphatic rings. The summed E-state index contributed by atoms with van der Waals surface area (Å²) in [7, 11) is 0. The van der Waals surface area contributed by atoms with Crippen molar-refractivity contribution >= 4 is 28.3 Å². The van der Waals surface area contributed by atoms with Crippen molar-refractivity contribution in [2.75, 3.05) is 0 Å². The molecule has 2 nitrogen and oxygen atoms in total. The van der Waals surface area contributed by atoms with Gasteiger partial charge in [0.1, 0.15) is 0 Å². The van der Waals surface area contributed by atoms with Gasteiger partial charge in [-0.25, -0.2) is 0 Å². The van der Waals surface area contributed by atoms with Crippen LogP contribution >= 0.6 is 11.6 Å². The molecule has 0 amide bonds. The molecule has 0 saturated carbocycles. The summed E-state index contributed by atoms with van der Waals surface area (Å²) in [4.78, 5) is 15.4. The molecule has 1 aromatic heterocycles. The van der Waals surface area contributed by atoms with Crippen molar-refractivity contribution in [3.05, 3.63) is 70.4 Å². The Kier molecular flexibility index (Phi) is 3.45. The van der Waals surface area contributed by atoms with Crippen LogP contribution in [0.25, 0.3) is 10.9 Å². The summed E-state index contributed by atoms with van der Waals surface area (Å²) in [6, 6.07) is 9.33. The van der Waals surface area contributed by atoms with E-state index in [2.05, 4.69) is 4.98 Å². The number of ketones is 1. The highest BCUT2D eigenvalue weighted by Gasteiger charge is 2.31. The molecule has 0 saturated heterocycles. The van der Waals surface area contributed by atoms with Gasteiger partial charge in [0.05, 0.1) is 5.56 Å². The molecule has 3 aromatic rings. The van der Waals surface area contributed by atoms with Gasteiger partial charge >= 0.3 is 6.18 Å². The van der Waals surface area contributed by atoms with Crippen LogP contribution in [0.15, 0.2) is 48.7 Å². The van der Waals surface area contributed by atoms with Gasteiger partial charge in [0.15, 0.2) is 5.78 Å². The van der Waals surface area contributed by atoms with Crippen LogP contribution in [0, 0.1) is 0 Å². The van der Waals surface area contributed by atoms with Crippen molar-refractivity contribution in [1.82, 2.24) is 4.98 Å². The van der Waals surface area contributed by atoms with E-state index in [1.54, 1.807) is 18.2 Å². The Labute approximate surface area is 128 Å². The van der Waals surface area contributed by atoms with E-state index in [1.165, 1.54) is 18.3 Å². The van der Waals surface area contributed by atoms with Crippen LogP contribution in [0.4, 0.5) is 13.2 Å². The average molecular weight is 324 g/mol. The number of hydrogen-bond acceptors (Lipinski definition) is 1. The first kappa shape index (κ1) is 14.7. The number of carbonyl (C=O) groups excluding carboxylic acids is 1. The summed E-state index contributed by atoms with van der Waals surface area (Å²) in [6.45, 7) is 0. The van der Waals surface area contributed by atoms with Gasteiger partial charge in [0, 0.05) is 33.2 Å². The molecule has 0 spiro atoms. The smallest absolute Gasteiger partial charge is 0.360 e. The van der Waals surface area contributed by atoms with E-state index in [0.717, 1.165) is 12.1 Å². The van der Waals surface area contributed by atoms with E-state index < -0.39 is 17.5 Å². The topological polar surface area (TPSA) is 32.9 Å². The monoisotopic (exact) mass is 323 g/mol. The van der Waals surface area contributed by atoms with Gasteiger partial charge in [-0.1, -0.05) is 29.8 Å². The molecule has 22 heavy (non-hydrogen) atoms. The molecule has 0 unspecified atom stereocenters. The van der Waals surface area contributed by atoms with Crippen molar-refractivity contribution in [1.29, 1.82) is 0 Å². The number of halogens is 4. The number of fused-ring (bicyclic) bond motifs is 1. The maximum Gasteiger partial charge on any atom is 0.416 e. The normalized spacial score (nSPS) is 11.8. The number of alkyl halides is 3. The fraction of sp³-hybridized carbons (Fsp3) is 0.0625. The maximum absolute atomic E-state index is 12.7. The molecule has 1 heterocycles. The Bertz CT molecular complexity index is 867. The Hall–Kier alpha value is -2.27. The molecule has 6 heteroatoms. The largest absolute Gasteiger partial charge is 0.416 e. The second-order valence-corrected chi connectivity index (χ2v) is 5.24. The molecule has 112 valence electrons. The highest BCUT2D eigenvalue weighted by Crippen LogP contribution is 2.31. The zero-order chi connectivity index (χ0) is 15.9. The average Bonchev–Trinajstić information content (AvgIpc) is 2.88. The Morgan fingerprint density at radius 3 is 2.59 bits per heavy atom. The van der Waals surface area contributed by atoms with Crippen LogP contribution < -0.4 is 0 Å². The summed E-state index contributed by atoms with van der Waals surface area (Å²) in [6.07, 6.45) is -3.01. The van der Waals surface area contributed by atoms with Gasteiger partial charge in [-0.3, -0.25) is 4.79 Å². The SMILES string of the molecule is O=C(c1cccc(C(F)(F)F)c1)c1c[nH]c2cc(Cl)ccc12. The number of carbonyl (C=O) groups is 1. The van der Waals surface area contributed by atoms with Gasteiger partial charge in [0.25, 0.3) is 0 Å². The van der Waals surface area contributed by atoms with Gasteiger partial charge in [0.2, 0.25) is 0 Å². The van der Waals surface area contributed by atoms with Crippen LogP contribution in [0.2, 0.25) is 5.02 Å². The lowest BCUT2D eigenvalue weighted by molar-refractivity contribution is -0.137. The van der Waals surface area contributed by atoms with Gasteiger partial charge in [-0.05, 0) is 24.3 Å². The molecule has 0 fully saturated rings. The summed E-state index contributed by atoms with van der Waals surface area (Å²) in [5.41, 5.74) is 0.112. The number of H-pyrrole nitrogens is 1. The number of nitrogens with one attached hydrogen (secondary N) is 1. The molecule has 0 radical (unpaired) electrons. The summed E-state index contributed by atoms with van der Waals surface area (Å²) < 4.78 is 38.2. The van der Waals surface area contributed by atoms with Crippen molar-refractivity contribution < 1.29 is 18.0 Å². The second-order valence-electron chi connectivity index (χ2n) is 4.80. The third-order valence-electron chi connectivity index (χ3n) is 3.34. The molecule has 0 atom stereocenters. The minimum atomic E-state index is -4.48. The number of rotatable bonds is 2. The molecule has 1 N–H and O–H groups in total. The molecule has 0 aliphatic heterocycles. The van der Waals surface area contributed by atoms with Gasteiger partial charge in [-0.15, -0.1) is 0 Å².